The number of para-hydroxylation sites is 2. The lowest BCUT2D eigenvalue weighted by Gasteiger charge is -2.42. The summed E-state index contributed by atoms with van der Waals surface area (Å²) >= 11 is 0. The van der Waals surface area contributed by atoms with Gasteiger partial charge in [-0.3, -0.25) is 13.7 Å². The number of benzene rings is 10. The molecule has 0 unspecified atom stereocenters. The monoisotopic (exact) mass is 1200 g/mol. The first-order valence-corrected chi connectivity index (χ1v) is 32.8. The maximum atomic E-state index is 7.11. The molecule has 0 atom stereocenters. The first-order chi connectivity index (χ1) is 43.9. The lowest BCUT2D eigenvalue weighted by Crippen LogP contribution is -2.34. The van der Waals surface area contributed by atoms with E-state index in [2.05, 4.69) is 310 Å². The van der Waals surface area contributed by atoms with Gasteiger partial charge in [0.15, 0.2) is 0 Å². The summed E-state index contributed by atoms with van der Waals surface area (Å²) in [6.07, 6.45) is 8.36. The van der Waals surface area contributed by atoms with E-state index in [1.165, 1.54) is 55.5 Å². The van der Waals surface area contributed by atoms with Crippen molar-refractivity contribution in [1.29, 1.82) is 0 Å². The van der Waals surface area contributed by atoms with E-state index in [4.69, 9.17) is 14.1 Å². The van der Waals surface area contributed by atoms with Gasteiger partial charge in [0.2, 0.25) is 0 Å². The molecule has 0 saturated heterocycles. The van der Waals surface area contributed by atoms with Crippen LogP contribution in [0.25, 0.3) is 128 Å². The average molecular weight is 1200 g/mol. The predicted molar refractivity (Wildman–Crippen MR) is 382 cm³/mol. The maximum absolute atomic E-state index is 7.11. The molecular weight excluding hydrogens is 1120 g/mol. The molecule has 14 aromatic rings. The molecule has 4 aromatic heterocycles. The second-order valence-electron chi connectivity index (χ2n) is 30.5. The van der Waals surface area contributed by atoms with Crippen LogP contribution in [0.4, 0.5) is 0 Å². The largest absolute Gasteiger partial charge is 0.458 e. The highest BCUT2D eigenvalue weighted by molar-refractivity contribution is 6.10. The van der Waals surface area contributed by atoms with Gasteiger partial charge in [0.1, 0.15) is 28.5 Å². The van der Waals surface area contributed by atoms with Crippen molar-refractivity contribution in [2.75, 3.05) is 0 Å². The fourth-order valence-corrected chi connectivity index (χ4v) is 14.9. The van der Waals surface area contributed by atoms with Gasteiger partial charge in [-0.15, -0.1) is 0 Å². The van der Waals surface area contributed by atoms with Crippen LogP contribution in [-0.4, -0.2) is 14.1 Å². The van der Waals surface area contributed by atoms with Crippen molar-refractivity contribution in [3.8, 4) is 84.3 Å². The molecule has 92 heavy (non-hydrogen) atoms. The highest BCUT2D eigenvalue weighted by atomic mass is 16.5. The summed E-state index contributed by atoms with van der Waals surface area (Å²) in [5, 5.41) is 4.49. The number of hydrogen-bond donors (Lipinski definition) is 0. The van der Waals surface area contributed by atoms with Gasteiger partial charge in [0.25, 0.3) is 6.33 Å². The van der Waals surface area contributed by atoms with Crippen LogP contribution in [0.5, 0.6) is 11.5 Å². The Morgan fingerprint density at radius 2 is 1.05 bits per heavy atom. The average Bonchev–Trinajstić information content (AvgIpc) is 1.44. The zero-order chi connectivity index (χ0) is 63.5. The zero-order valence-electron chi connectivity index (χ0n) is 55.2. The summed E-state index contributed by atoms with van der Waals surface area (Å²) in [6, 6.07) is 76.6. The van der Waals surface area contributed by atoms with E-state index < -0.39 is 0 Å². The van der Waals surface area contributed by atoms with Crippen LogP contribution in [0, 0.1) is 6.33 Å². The molecule has 10 aromatic carbocycles. The van der Waals surface area contributed by atoms with E-state index in [0.29, 0.717) is 5.75 Å². The minimum Gasteiger partial charge on any atom is -0.458 e. The Labute approximate surface area is 540 Å². The highest BCUT2D eigenvalue weighted by Crippen LogP contribution is 2.54. The maximum Gasteiger partial charge on any atom is 0.269 e. The summed E-state index contributed by atoms with van der Waals surface area (Å²) in [5.74, 6) is 2.31. The van der Waals surface area contributed by atoms with E-state index in [-0.39, 0.29) is 27.1 Å². The van der Waals surface area contributed by atoms with Gasteiger partial charge >= 0.3 is 0 Å². The molecular formula is C86H78N4O2. The smallest absolute Gasteiger partial charge is 0.269 e. The van der Waals surface area contributed by atoms with E-state index >= 15 is 0 Å². The highest BCUT2D eigenvalue weighted by Gasteiger charge is 2.40. The fourth-order valence-electron chi connectivity index (χ4n) is 14.9. The molecule has 5 heterocycles. The molecule has 16 rings (SSSR count). The van der Waals surface area contributed by atoms with Gasteiger partial charge in [-0.2, -0.15) is 0 Å². The van der Waals surface area contributed by atoms with Crippen molar-refractivity contribution < 1.29 is 13.7 Å². The Kier molecular flexibility index (Phi) is 12.7. The standard InChI is InChI=1S/C86H78N4O2/c1-82(2,3)55-32-29-52(30-33-55)66-44-57(84(7,8)9)45-71-68-50-73-72(85(10,11)38-39-86(73,12)13)49-67(68)61-23-14-15-24-62(61)70-42-54(53-31-36-78-69(41-53)65-26-17-19-28-77(65)92-78)43-76-81(70)89(80(66)71)51-88(76)58-21-20-22-59(47-58)91-60-34-35-64-63-25-16-18-27-74(63)90(75(64)48-60)79-46-56(37-40-87-79)83(4,5)6/h14-37,40-50H,38-39H2,1-13H3. The molecule has 0 N–H and O–H groups in total. The lowest BCUT2D eigenvalue weighted by atomic mass is 9.62. The second-order valence-corrected chi connectivity index (χ2v) is 30.5. The van der Waals surface area contributed by atoms with Crippen LogP contribution < -0.4 is 9.30 Å². The molecule has 2 aliphatic rings. The van der Waals surface area contributed by atoms with E-state index in [9.17, 15) is 0 Å². The summed E-state index contributed by atoms with van der Waals surface area (Å²) in [4.78, 5) is 4.99. The van der Waals surface area contributed by atoms with Crippen LogP contribution in [0.2, 0.25) is 0 Å². The van der Waals surface area contributed by atoms with Crippen LogP contribution in [-0.2, 0) is 27.1 Å². The Hall–Kier alpha value is -9.78. The molecule has 6 nitrogen and oxygen atoms in total. The van der Waals surface area contributed by atoms with Gasteiger partial charge in [-0.1, -0.05) is 211 Å². The third-order valence-electron chi connectivity index (χ3n) is 20.3. The van der Waals surface area contributed by atoms with Gasteiger partial charge in [0.05, 0.1) is 33.4 Å². The molecule has 454 valence electrons. The minimum atomic E-state index is -0.194. The Balaban J connectivity index is 0.985. The van der Waals surface area contributed by atoms with Crippen molar-refractivity contribution in [1.82, 2.24) is 14.1 Å². The number of rotatable bonds is 6. The predicted octanol–water partition coefficient (Wildman–Crippen LogP) is 22.8. The van der Waals surface area contributed by atoms with Crippen LogP contribution in [0.1, 0.15) is 131 Å². The quantitative estimate of drug-likeness (QED) is 0.123. The minimum absolute atomic E-state index is 0.0260. The Bertz CT molecular complexity index is 5370. The molecule has 0 amide bonds. The molecule has 0 saturated carbocycles. The second kappa shape index (κ2) is 20.4. The SMILES string of the molecule is CC(C)(C)c1ccc(-c2cc(C(C)(C)C)cc3c2-[n+]2[c-]n(-c4cccc(Oc5ccc6c7ccccc7n(-c7cc(C(C)(C)C)ccn7)c6c5)c4)c4cc(-c5ccc6oc7ccccc7c6c5)cc(c42)-c2ccccc2-c2cc4c(cc2-3)C(C)(C)CCC4(C)C)cc1. The van der Waals surface area contributed by atoms with Crippen LogP contribution >= 0.6 is 0 Å². The number of ether oxygens (including phenoxy) is 1. The Morgan fingerprint density at radius 1 is 0.435 bits per heavy atom. The van der Waals surface area contributed by atoms with Crippen molar-refractivity contribution in [3.63, 3.8) is 0 Å². The first-order valence-electron chi connectivity index (χ1n) is 32.8. The van der Waals surface area contributed by atoms with Crippen LogP contribution in [0.15, 0.2) is 217 Å². The third kappa shape index (κ3) is 9.34. The molecule has 6 heteroatoms. The van der Waals surface area contributed by atoms with Gasteiger partial charge in [0, 0.05) is 33.8 Å². The fraction of sp³-hybridized carbons (Fsp3) is 0.233. The molecule has 0 fully saturated rings. The molecule has 1 aliphatic carbocycles. The number of fused-ring (bicyclic) bond motifs is 14. The molecule has 0 radical (unpaired) electrons. The topological polar surface area (TPSA) is 49.0 Å². The Morgan fingerprint density at radius 3 is 1.78 bits per heavy atom. The van der Waals surface area contributed by atoms with Crippen molar-refractivity contribution in [2.45, 2.75) is 130 Å². The zero-order valence-corrected chi connectivity index (χ0v) is 55.2. The van der Waals surface area contributed by atoms with E-state index in [0.717, 1.165) is 119 Å². The normalized spacial score (nSPS) is 14.4. The number of furan rings is 1. The number of pyridine rings is 1. The van der Waals surface area contributed by atoms with Gasteiger partial charge < -0.3 is 9.15 Å². The lowest BCUT2D eigenvalue weighted by molar-refractivity contribution is -0.570. The number of aromatic nitrogens is 4. The molecule has 0 spiro atoms. The first kappa shape index (κ1) is 57.4. The number of imidazole rings is 1. The summed E-state index contributed by atoms with van der Waals surface area (Å²) in [5.41, 5.74) is 25.9. The van der Waals surface area contributed by atoms with Gasteiger partial charge in [-0.25, -0.2) is 4.98 Å². The number of nitrogens with zero attached hydrogens (tertiary/aromatic N) is 4. The van der Waals surface area contributed by atoms with Crippen molar-refractivity contribution in [3.05, 3.63) is 247 Å². The van der Waals surface area contributed by atoms with E-state index in [1.807, 2.05) is 12.3 Å². The summed E-state index contributed by atoms with van der Waals surface area (Å²) in [6.45, 7) is 30.5. The molecule has 1 aliphatic heterocycles. The summed E-state index contributed by atoms with van der Waals surface area (Å²) in [7, 11) is 0. The van der Waals surface area contributed by atoms with Crippen molar-refractivity contribution in [2.24, 2.45) is 0 Å². The summed E-state index contributed by atoms with van der Waals surface area (Å²) < 4.78 is 20.6. The third-order valence-corrected chi connectivity index (χ3v) is 20.3. The van der Waals surface area contributed by atoms with Crippen LogP contribution in [0.3, 0.4) is 0 Å². The van der Waals surface area contributed by atoms with Crippen molar-refractivity contribution >= 4 is 54.8 Å². The molecule has 0 bridgehead atoms. The number of hydrogen-bond acceptors (Lipinski definition) is 3. The van der Waals surface area contributed by atoms with Gasteiger partial charge in [-0.05, 0) is 202 Å². The van der Waals surface area contributed by atoms with E-state index in [1.54, 1.807) is 0 Å².